The fourth-order valence-electron chi connectivity index (χ4n) is 1.65. The van der Waals surface area contributed by atoms with Gasteiger partial charge in [-0.05, 0) is 11.6 Å². The second-order valence-electron chi connectivity index (χ2n) is 3.83. The molecule has 2 aromatic rings. The Morgan fingerprint density at radius 3 is 2.95 bits per heavy atom. The highest BCUT2D eigenvalue weighted by molar-refractivity contribution is 7.09. The van der Waals surface area contributed by atoms with Gasteiger partial charge in [0.05, 0.1) is 17.5 Å². The second-order valence-corrected chi connectivity index (χ2v) is 4.81. The molecule has 0 radical (unpaired) electrons. The van der Waals surface area contributed by atoms with Crippen molar-refractivity contribution in [3.8, 4) is 5.75 Å². The molecule has 100 valence electrons. The summed E-state index contributed by atoms with van der Waals surface area (Å²) in [5.74, 6) is 0.274. The van der Waals surface area contributed by atoms with Crippen LogP contribution in [0.4, 0.5) is 5.69 Å². The Balaban J connectivity index is 2.00. The van der Waals surface area contributed by atoms with Crippen LogP contribution in [0.1, 0.15) is 10.4 Å². The molecule has 1 aromatic carbocycles. The molecule has 1 heterocycles. The van der Waals surface area contributed by atoms with E-state index in [0.717, 1.165) is 10.4 Å². The van der Waals surface area contributed by atoms with Crippen LogP contribution in [0.25, 0.3) is 0 Å². The standard InChI is InChI=1S/C12H13N3O3S/c1-18-12-3-2-9(4-11(12)15(16)17)5-13-6-10-7-14-8-19-10/h2-4,7-8,13H,5-6H2,1H3. The average molecular weight is 279 g/mol. The van der Waals surface area contributed by atoms with E-state index in [2.05, 4.69) is 10.3 Å². The molecular weight excluding hydrogens is 266 g/mol. The quantitative estimate of drug-likeness (QED) is 0.648. The van der Waals surface area contributed by atoms with Gasteiger partial charge in [-0.15, -0.1) is 11.3 Å². The number of rotatable bonds is 6. The van der Waals surface area contributed by atoms with Crippen molar-refractivity contribution < 1.29 is 9.66 Å². The number of hydrogen-bond acceptors (Lipinski definition) is 6. The Bertz CT molecular complexity index is 557. The summed E-state index contributed by atoms with van der Waals surface area (Å²) in [5.41, 5.74) is 2.60. The van der Waals surface area contributed by atoms with E-state index < -0.39 is 4.92 Å². The van der Waals surface area contributed by atoms with Crippen molar-refractivity contribution in [2.45, 2.75) is 13.1 Å². The zero-order chi connectivity index (χ0) is 13.7. The Morgan fingerprint density at radius 2 is 2.32 bits per heavy atom. The lowest BCUT2D eigenvalue weighted by molar-refractivity contribution is -0.385. The molecule has 0 spiro atoms. The van der Waals surface area contributed by atoms with E-state index in [0.29, 0.717) is 13.1 Å². The highest BCUT2D eigenvalue weighted by atomic mass is 32.1. The van der Waals surface area contributed by atoms with Gasteiger partial charge in [0.1, 0.15) is 0 Å². The van der Waals surface area contributed by atoms with Crippen molar-refractivity contribution in [1.82, 2.24) is 10.3 Å². The first-order valence-corrected chi connectivity index (χ1v) is 6.48. The van der Waals surface area contributed by atoms with Crippen LogP contribution in [-0.4, -0.2) is 17.0 Å². The monoisotopic (exact) mass is 279 g/mol. The molecule has 0 aliphatic rings. The number of nitrogens with zero attached hydrogens (tertiary/aromatic N) is 2. The van der Waals surface area contributed by atoms with E-state index >= 15 is 0 Å². The van der Waals surface area contributed by atoms with Crippen molar-refractivity contribution in [2.75, 3.05) is 7.11 Å². The van der Waals surface area contributed by atoms with Crippen molar-refractivity contribution in [3.05, 3.63) is 50.5 Å². The lowest BCUT2D eigenvalue weighted by atomic mass is 10.2. The number of benzene rings is 1. The van der Waals surface area contributed by atoms with Gasteiger partial charge in [0.15, 0.2) is 5.75 Å². The first-order valence-electron chi connectivity index (χ1n) is 5.60. The van der Waals surface area contributed by atoms with Gasteiger partial charge in [0.2, 0.25) is 0 Å². The summed E-state index contributed by atoms with van der Waals surface area (Å²) in [6, 6.07) is 4.95. The molecule has 0 bridgehead atoms. The van der Waals surface area contributed by atoms with Crippen LogP contribution >= 0.6 is 11.3 Å². The number of hydrogen-bond donors (Lipinski definition) is 1. The van der Waals surface area contributed by atoms with E-state index in [1.807, 2.05) is 6.07 Å². The van der Waals surface area contributed by atoms with Crippen molar-refractivity contribution >= 4 is 17.0 Å². The maximum atomic E-state index is 10.9. The van der Waals surface area contributed by atoms with Crippen molar-refractivity contribution in [1.29, 1.82) is 0 Å². The largest absolute Gasteiger partial charge is 0.490 e. The molecule has 0 atom stereocenters. The van der Waals surface area contributed by atoms with Gasteiger partial charge < -0.3 is 10.1 Å². The number of ether oxygens (including phenoxy) is 1. The molecule has 0 amide bonds. The minimum atomic E-state index is -0.439. The second kappa shape index (κ2) is 6.26. The van der Waals surface area contributed by atoms with E-state index in [1.54, 1.807) is 29.1 Å². The molecule has 0 fully saturated rings. The molecular formula is C12H13N3O3S. The summed E-state index contributed by atoms with van der Waals surface area (Å²) >= 11 is 1.57. The predicted octanol–water partition coefficient (Wildman–Crippen LogP) is 2.35. The minimum Gasteiger partial charge on any atom is -0.490 e. The molecule has 0 unspecified atom stereocenters. The third-order valence-electron chi connectivity index (χ3n) is 2.55. The van der Waals surface area contributed by atoms with Crippen LogP contribution in [0.15, 0.2) is 29.9 Å². The minimum absolute atomic E-state index is 0.0143. The molecule has 1 aromatic heterocycles. The third-order valence-corrected chi connectivity index (χ3v) is 3.33. The van der Waals surface area contributed by atoms with E-state index in [-0.39, 0.29) is 11.4 Å². The van der Waals surface area contributed by atoms with Crippen LogP contribution in [-0.2, 0) is 13.1 Å². The van der Waals surface area contributed by atoms with Crippen molar-refractivity contribution in [3.63, 3.8) is 0 Å². The molecule has 0 saturated heterocycles. The Labute approximate surface area is 114 Å². The predicted molar refractivity (Wildman–Crippen MR) is 72.3 cm³/mol. The van der Waals surface area contributed by atoms with Gasteiger partial charge in [0, 0.05) is 30.2 Å². The van der Waals surface area contributed by atoms with Gasteiger partial charge in [0.25, 0.3) is 0 Å². The first kappa shape index (κ1) is 13.4. The fourth-order valence-corrected chi connectivity index (χ4v) is 2.21. The van der Waals surface area contributed by atoms with Crippen LogP contribution < -0.4 is 10.1 Å². The maximum absolute atomic E-state index is 10.9. The van der Waals surface area contributed by atoms with Gasteiger partial charge in [-0.2, -0.15) is 0 Å². The van der Waals surface area contributed by atoms with Crippen LogP contribution in [0.2, 0.25) is 0 Å². The molecule has 0 saturated carbocycles. The number of aromatic nitrogens is 1. The zero-order valence-electron chi connectivity index (χ0n) is 10.3. The smallest absolute Gasteiger partial charge is 0.311 e. The summed E-state index contributed by atoms with van der Waals surface area (Å²) in [7, 11) is 1.42. The third kappa shape index (κ3) is 3.49. The summed E-state index contributed by atoms with van der Waals surface area (Å²) in [4.78, 5) is 15.6. The number of nitro benzene ring substituents is 1. The SMILES string of the molecule is COc1ccc(CNCc2cncs2)cc1[N+](=O)[O-]. The van der Waals surface area contributed by atoms with Gasteiger partial charge >= 0.3 is 5.69 Å². The highest BCUT2D eigenvalue weighted by Crippen LogP contribution is 2.27. The normalized spacial score (nSPS) is 10.4. The summed E-state index contributed by atoms with van der Waals surface area (Å²) in [6.45, 7) is 1.26. The number of methoxy groups -OCH3 is 1. The summed E-state index contributed by atoms with van der Waals surface area (Å²) in [6.07, 6.45) is 1.80. The molecule has 1 N–H and O–H groups in total. The van der Waals surface area contributed by atoms with Crippen LogP contribution in [0, 0.1) is 10.1 Å². The number of nitrogens with one attached hydrogen (secondary N) is 1. The van der Waals surface area contributed by atoms with E-state index in [9.17, 15) is 10.1 Å². The van der Waals surface area contributed by atoms with Crippen LogP contribution in [0.3, 0.4) is 0 Å². The first-order chi connectivity index (χ1) is 9.20. The Morgan fingerprint density at radius 1 is 1.47 bits per heavy atom. The lowest BCUT2D eigenvalue weighted by Gasteiger charge is -2.06. The number of nitro groups is 1. The highest BCUT2D eigenvalue weighted by Gasteiger charge is 2.14. The molecule has 6 nitrogen and oxygen atoms in total. The topological polar surface area (TPSA) is 77.3 Å². The zero-order valence-corrected chi connectivity index (χ0v) is 11.1. The van der Waals surface area contributed by atoms with Crippen molar-refractivity contribution in [2.24, 2.45) is 0 Å². The van der Waals surface area contributed by atoms with E-state index in [4.69, 9.17) is 4.74 Å². The van der Waals surface area contributed by atoms with Gasteiger partial charge in [-0.1, -0.05) is 6.07 Å². The summed E-state index contributed by atoms with van der Waals surface area (Å²) < 4.78 is 4.96. The van der Waals surface area contributed by atoms with E-state index in [1.165, 1.54) is 13.2 Å². The lowest BCUT2D eigenvalue weighted by Crippen LogP contribution is -2.12. The maximum Gasteiger partial charge on any atom is 0.311 e. The molecule has 7 heteroatoms. The van der Waals surface area contributed by atoms with Gasteiger partial charge in [-0.25, -0.2) is 0 Å². The average Bonchev–Trinajstić information content (AvgIpc) is 2.91. The Hall–Kier alpha value is -1.99. The Kier molecular flexibility index (Phi) is 4.43. The van der Waals surface area contributed by atoms with Gasteiger partial charge in [-0.3, -0.25) is 15.1 Å². The molecule has 19 heavy (non-hydrogen) atoms. The number of thiazole rings is 1. The van der Waals surface area contributed by atoms with Crippen LogP contribution in [0.5, 0.6) is 5.75 Å². The molecule has 0 aliphatic carbocycles. The fraction of sp³-hybridized carbons (Fsp3) is 0.250. The molecule has 0 aliphatic heterocycles. The summed E-state index contributed by atoms with van der Waals surface area (Å²) in [5, 5.41) is 14.1. The molecule has 2 rings (SSSR count).